The van der Waals surface area contributed by atoms with Crippen molar-refractivity contribution in [3.05, 3.63) is 82.8 Å². The Hall–Kier alpha value is -4.32. The minimum absolute atomic E-state index is 0.0191. The number of ether oxygens (including phenoxy) is 1. The largest absolute Gasteiger partial charge is 0.480 e. The van der Waals surface area contributed by atoms with Crippen LogP contribution in [0.25, 0.3) is 0 Å². The monoisotopic (exact) mass is 545 g/mol. The Labute approximate surface area is 224 Å². The van der Waals surface area contributed by atoms with Gasteiger partial charge in [-0.1, -0.05) is 24.3 Å². The smallest absolute Gasteiger partial charge is 0.417 e. The predicted octanol–water partition coefficient (Wildman–Crippen LogP) is 3.83. The Bertz CT molecular complexity index is 1250. The number of halogens is 3. The van der Waals surface area contributed by atoms with Gasteiger partial charge in [-0.3, -0.25) is 19.4 Å². The van der Waals surface area contributed by atoms with Crippen molar-refractivity contribution in [3.63, 3.8) is 0 Å². The van der Waals surface area contributed by atoms with Gasteiger partial charge < -0.3 is 20.7 Å². The van der Waals surface area contributed by atoms with E-state index in [4.69, 9.17) is 4.74 Å². The van der Waals surface area contributed by atoms with Gasteiger partial charge in [-0.05, 0) is 49.2 Å². The number of nitrogens with one attached hydrogen (secondary N) is 1. The fourth-order valence-corrected chi connectivity index (χ4v) is 3.99. The van der Waals surface area contributed by atoms with Gasteiger partial charge in [0.2, 0.25) is 12.2 Å². The van der Waals surface area contributed by atoms with Gasteiger partial charge in [0.1, 0.15) is 0 Å². The van der Waals surface area contributed by atoms with Crippen molar-refractivity contribution in [3.8, 4) is 5.88 Å². The molecule has 1 aliphatic rings. The number of carbonyl (C=O) groups excluding carboxylic acids is 3. The zero-order chi connectivity index (χ0) is 29.0. The van der Waals surface area contributed by atoms with E-state index >= 15 is 0 Å². The molecular formula is C27H30F3N5O4. The second kappa shape index (κ2) is 14.6. The third-order valence-corrected chi connectivity index (χ3v) is 5.83. The fraction of sp³-hybridized carbons (Fsp3) is 0.296. The molecule has 0 radical (unpaired) electrons. The molecule has 9 nitrogen and oxygen atoms in total. The molecule has 0 saturated heterocycles. The molecule has 0 bridgehead atoms. The number of rotatable bonds is 7. The maximum Gasteiger partial charge on any atom is 0.417 e. The van der Waals surface area contributed by atoms with E-state index in [1.54, 1.807) is 19.3 Å². The number of hydrogen-bond donors (Lipinski definition) is 2. The number of benzene rings is 1. The summed E-state index contributed by atoms with van der Waals surface area (Å²) in [6.45, 7) is -0.0191. The second-order valence-corrected chi connectivity index (χ2v) is 8.06. The number of pyridine rings is 2. The van der Waals surface area contributed by atoms with Crippen LogP contribution in [-0.2, 0) is 28.7 Å². The van der Waals surface area contributed by atoms with Crippen molar-refractivity contribution in [2.45, 2.75) is 31.6 Å². The Morgan fingerprint density at radius 2 is 1.87 bits per heavy atom. The molecule has 208 valence electrons. The third kappa shape index (κ3) is 8.08. The molecule has 0 spiro atoms. The molecular weight excluding hydrogens is 515 g/mol. The number of carbonyl (C=O) groups is 3. The molecule has 1 unspecified atom stereocenters. The number of methoxy groups -OCH3 is 1. The molecule has 2 aromatic heterocycles. The lowest BCUT2D eigenvalue weighted by molar-refractivity contribution is -0.141. The van der Waals surface area contributed by atoms with Crippen LogP contribution in [-0.4, -0.2) is 54.6 Å². The average Bonchev–Trinajstić information content (AvgIpc) is 3.40. The number of hydrogen-bond acceptors (Lipinski definition) is 8. The van der Waals surface area contributed by atoms with E-state index in [-0.39, 0.29) is 18.9 Å². The summed E-state index contributed by atoms with van der Waals surface area (Å²) < 4.78 is 42.7. The maximum atomic E-state index is 12.6. The standard InChI is InChI=1S/C18H15F3N2O2.C8H10N2O2.CH5N/c19-18(20,21)13-6-7-14(22-9-13)10-23(17(25)11-24)16-8-5-12-3-1-2-4-15(12)16;1-9-7-3-6(5-11)8(12-2)10-4-7;1-2/h1-4,6-7,9,11,16H,5,8,10H2;3-5,9H,1-2H3;2H2,1H3. The number of aromatic nitrogens is 2. The molecule has 0 saturated carbocycles. The Kier molecular flexibility index (Phi) is 11.5. The first-order chi connectivity index (χ1) is 18.7. The van der Waals surface area contributed by atoms with Crippen LogP contribution in [0.2, 0.25) is 0 Å². The number of aldehydes is 2. The van der Waals surface area contributed by atoms with Crippen molar-refractivity contribution < 1.29 is 32.3 Å². The van der Waals surface area contributed by atoms with Gasteiger partial charge in [-0.25, -0.2) is 4.98 Å². The van der Waals surface area contributed by atoms with Crippen molar-refractivity contribution in [2.75, 3.05) is 26.5 Å². The molecule has 3 N–H and O–H groups in total. The number of alkyl halides is 3. The van der Waals surface area contributed by atoms with Crippen molar-refractivity contribution in [1.82, 2.24) is 14.9 Å². The van der Waals surface area contributed by atoms with E-state index in [1.807, 2.05) is 24.3 Å². The van der Waals surface area contributed by atoms with E-state index in [0.29, 0.717) is 29.8 Å². The van der Waals surface area contributed by atoms with Gasteiger partial charge in [-0.2, -0.15) is 13.2 Å². The molecule has 1 aliphatic carbocycles. The summed E-state index contributed by atoms with van der Waals surface area (Å²) >= 11 is 0. The molecule has 1 amide bonds. The zero-order valence-corrected chi connectivity index (χ0v) is 21.7. The average molecular weight is 546 g/mol. The Morgan fingerprint density at radius 1 is 1.15 bits per heavy atom. The van der Waals surface area contributed by atoms with Gasteiger partial charge in [-0.15, -0.1) is 0 Å². The van der Waals surface area contributed by atoms with E-state index in [1.165, 1.54) is 25.1 Å². The highest BCUT2D eigenvalue weighted by Gasteiger charge is 2.32. The van der Waals surface area contributed by atoms with Crippen LogP contribution in [0.3, 0.4) is 0 Å². The normalized spacial score (nSPS) is 13.5. The molecule has 1 aromatic carbocycles. The number of anilines is 1. The third-order valence-electron chi connectivity index (χ3n) is 5.83. The molecule has 3 aromatic rings. The fourth-order valence-electron chi connectivity index (χ4n) is 3.99. The van der Waals surface area contributed by atoms with E-state index in [2.05, 4.69) is 21.0 Å². The topological polar surface area (TPSA) is 128 Å². The first-order valence-electron chi connectivity index (χ1n) is 11.8. The van der Waals surface area contributed by atoms with Crippen molar-refractivity contribution in [1.29, 1.82) is 0 Å². The SMILES string of the molecule is CN.CNc1cnc(OC)c(C=O)c1.O=CC(=O)N(Cc1ccc(C(F)(F)F)cn1)C1CCc2ccccc21. The Morgan fingerprint density at radius 3 is 2.44 bits per heavy atom. The molecule has 1 atom stereocenters. The summed E-state index contributed by atoms with van der Waals surface area (Å²) in [5.41, 5.74) is 7.26. The van der Waals surface area contributed by atoms with Crippen LogP contribution in [0.15, 0.2) is 54.9 Å². The van der Waals surface area contributed by atoms with Crippen LogP contribution in [0, 0.1) is 0 Å². The number of nitrogens with zero attached hydrogens (tertiary/aromatic N) is 3. The molecule has 0 fully saturated rings. The first-order valence-corrected chi connectivity index (χ1v) is 11.8. The van der Waals surface area contributed by atoms with E-state index < -0.39 is 17.6 Å². The van der Waals surface area contributed by atoms with Gasteiger partial charge in [0.05, 0.1) is 48.4 Å². The number of aryl methyl sites for hydroxylation is 1. The number of amides is 1. The summed E-state index contributed by atoms with van der Waals surface area (Å²) in [5, 5.41) is 2.88. The minimum Gasteiger partial charge on any atom is -0.480 e. The minimum atomic E-state index is -4.46. The molecule has 39 heavy (non-hydrogen) atoms. The molecule has 0 aliphatic heterocycles. The molecule has 12 heteroatoms. The van der Waals surface area contributed by atoms with E-state index in [9.17, 15) is 27.6 Å². The van der Waals surface area contributed by atoms with Crippen LogP contribution in [0.4, 0.5) is 18.9 Å². The summed E-state index contributed by atoms with van der Waals surface area (Å²) in [6.07, 6.45) is 0.267. The van der Waals surface area contributed by atoms with E-state index in [0.717, 1.165) is 35.5 Å². The quantitative estimate of drug-likeness (QED) is 0.339. The highest BCUT2D eigenvalue weighted by Crippen LogP contribution is 2.36. The summed E-state index contributed by atoms with van der Waals surface area (Å²) in [7, 11) is 4.74. The zero-order valence-electron chi connectivity index (χ0n) is 21.7. The molecule has 2 heterocycles. The van der Waals surface area contributed by atoms with Gasteiger partial charge in [0.15, 0.2) is 6.29 Å². The summed E-state index contributed by atoms with van der Waals surface area (Å²) in [5.74, 6) is -0.354. The van der Waals surface area contributed by atoms with Crippen molar-refractivity contribution >= 4 is 24.2 Å². The Balaban J connectivity index is 0.000000320. The highest BCUT2D eigenvalue weighted by atomic mass is 19.4. The van der Waals surface area contributed by atoms with Crippen LogP contribution in [0.5, 0.6) is 5.88 Å². The van der Waals surface area contributed by atoms with Gasteiger partial charge in [0, 0.05) is 13.2 Å². The van der Waals surface area contributed by atoms with Gasteiger partial charge in [0.25, 0.3) is 5.91 Å². The number of nitrogens with two attached hydrogens (primary N) is 1. The summed E-state index contributed by atoms with van der Waals surface area (Å²) in [6, 6.07) is 11.2. The maximum absolute atomic E-state index is 12.6. The lowest BCUT2D eigenvalue weighted by Gasteiger charge is -2.28. The summed E-state index contributed by atoms with van der Waals surface area (Å²) in [4.78, 5) is 42.7. The lowest BCUT2D eigenvalue weighted by atomic mass is 10.1. The van der Waals surface area contributed by atoms with Crippen molar-refractivity contribution in [2.24, 2.45) is 5.73 Å². The highest BCUT2D eigenvalue weighted by molar-refractivity contribution is 6.23. The molecule has 4 rings (SSSR count). The predicted molar refractivity (Wildman–Crippen MR) is 139 cm³/mol. The van der Waals surface area contributed by atoms with Crippen LogP contribution in [0.1, 0.15) is 45.2 Å². The lowest BCUT2D eigenvalue weighted by Crippen LogP contribution is -2.34. The van der Waals surface area contributed by atoms with Crippen LogP contribution >= 0.6 is 0 Å². The van der Waals surface area contributed by atoms with Crippen LogP contribution < -0.4 is 15.8 Å². The van der Waals surface area contributed by atoms with Gasteiger partial charge >= 0.3 is 6.18 Å². The second-order valence-electron chi connectivity index (χ2n) is 8.06. The first kappa shape index (κ1) is 30.9. The number of fused-ring (bicyclic) bond motifs is 1.